The first-order chi connectivity index (χ1) is 11.0. The first-order valence-corrected chi connectivity index (χ1v) is 8.03. The molecule has 0 spiro atoms. The van der Waals surface area contributed by atoms with Gasteiger partial charge in [-0.2, -0.15) is 13.2 Å². The second-order valence-corrected chi connectivity index (χ2v) is 6.62. The molecule has 0 unspecified atom stereocenters. The number of benzene rings is 2. The van der Waals surface area contributed by atoms with Crippen LogP contribution >= 0.6 is 0 Å². The third-order valence-electron chi connectivity index (χ3n) is 3.19. The van der Waals surface area contributed by atoms with Gasteiger partial charge in [-0.1, -0.05) is 6.07 Å². The Kier molecular flexibility index (Phi) is 4.57. The van der Waals surface area contributed by atoms with Crippen molar-refractivity contribution in [3.05, 3.63) is 59.2 Å². The average molecular weight is 359 g/mol. The van der Waals surface area contributed by atoms with Crippen LogP contribution in [0.15, 0.2) is 47.4 Å². The van der Waals surface area contributed by atoms with Gasteiger partial charge in [-0.05, 0) is 48.9 Å². The highest BCUT2D eigenvalue weighted by atomic mass is 32.2. The maximum Gasteiger partial charge on any atom is 0.416 e. The molecule has 24 heavy (non-hydrogen) atoms. The van der Waals surface area contributed by atoms with E-state index < -0.39 is 27.7 Å². The smallest absolute Gasteiger partial charge is 0.416 e. The van der Waals surface area contributed by atoms with Crippen LogP contribution in [-0.4, -0.2) is 19.5 Å². The van der Waals surface area contributed by atoms with E-state index in [2.05, 4.69) is 4.72 Å². The van der Waals surface area contributed by atoms with Crippen LogP contribution in [0.3, 0.4) is 0 Å². The fourth-order valence-electron chi connectivity index (χ4n) is 1.96. The number of alkyl halides is 3. The fourth-order valence-corrected chi connectivity index (χ4v) is 3.29. The van der Waals surface area contributed by atoms with Gasteiger partial charge in [0.15, 0.2) is 0 Å². The molecule has 0 atom stereocenters. The lowest BCUT2D eigenvalue weighted by molar-refractivity contribution is -0.137. The molecule has 0 aliphatic rings. The molecule has 0 aliphatic heterocycles. The standard InChI is InChI=1S/C15H12F3NO4S/c1-9-2-3-10(14(20)21)8-13(9)24(22,23)19-12-6-4-11(5-7-12)15(16,17)18/h2-8,19H,1H3,(H,20,21). The van der Waals surface area contributed by atoms with Gasteiger partial charge in [0.2, 0.25) is 0 Å². The van der Waals surface area contributed by atoms with Crippen molar-refractivity contribution in [1.29, 1.82) is 0 Å². The molecule has 0 aromatic heterocycles. The van der Waals surface area contributed by atoms with Crippen molar-refractivity contribution in [1.82, 2.24) is 0 Å². The van der Waals surface area contributed by atoms with Gasteiger partial charge in [-0.3, -0.25) is 4.72 Å². The number of sulfonamides is 1. The molecule has 0 aliphatic carbocycles. The van der Waals surface area contributed by atoms with Crippen molar-refractivity contribution in [2.75, 3.05) is 4.72 Å². The molecular formula is C15H12F3NO4S. The van der Waals surface area contributed by atoms with Gasteiger partial charge in [-0.25, -0.2) is 13.2 Å². The van der Waals surface area contributed by atoms with Gasteiger partial charge < -0.3 is 5.11 Å². The monoisotopic (exact) mass is 359 g/mol. The number of carbonyl (C=O) groups is 1. The van der Waals surface area contributed by atoms with Crippen LogP contribution < -0.4 is 4.72 Å². The van der Waals surface area contributed by atoms with Crippen LogP contribution in [0.1, 0.15) is 21.5 Å². The quantitative estimate of drug-likeness (QED) is 0.875. The summed E-state index contributed by atoms with van der Waals surface area (Å²) in [6.45, 7) is 1.48. The summed E-state index contributed by atoms with van der Waals surface area (Å²) in [5.41, 5.74) is -0.884. The zero-order chi connectivity index (χ0) is 18.1. The second kappa shape index (κ2) is 6.16. The summed E-state index contributed by atoms with van der Waals surface area (Å²) in [7, 11) is -4.14. The Morgan fingerprint density at radius 3 is 2.17 bits per heavy atom. The van der Waals surface area contributed by atoms with E-state index in [-0.39, 0.29) is 16.1 Å². The molecule has 9 heteroatoms. The van der Waals surface area contributed by atoms with E-state index in [9.17, 15) is 26.4 Å². The number of nitrogens with one attached hydrogen (secondary N) is 1. The number of carboxylic acid groups (broad SMARTS) is 1. The maximum absolute atomic E-state index is 12.5. The number of halogens is 3. The maximum atomic E-state index is 12.5. The number of rotatable bonds is 4. The Morgan fingerprint density at radius 1 is 1.08 bits per heavy atom. The Bertz CT molecular complexity index is 875. The molecule has 2 aromatic carbocycles. The Morgan fingerprint density at radius 2 is 1.67 bits per heavy atom. The van der Waals surface area contributed by atoms with Gasteiger partial charge in [0.05, 0.1) is 16.0 Å². The molecule has 0 fully saturated rings. The van der Waals surface area contributed by atoms with E-state index in [4.69, 9.17) is 5.11 Å². The van der Waals surface area contributed by atoms with Crippen LogP contribution in [0, 0.1) is 6.92 Å². The van der Waals surface area contributed by atoms with Gasteiger partial charge in [0, 0.05) is 5.69 Å². The van der Waals surface area contributed by atoms with Crippen LogP contribution in [0.5, 0.6) is 0 Å². The minimum Gasteiger partial charge on any atom is -0.478 e. The number of aromatic carboxylic acids is 1. The van der Waals surface area contributed by atoms with Crippen LogP contribution in [-0.2, 0) is 16.2 Å². The normalized spacial score (nSPS) is 12.0. The predicted molar refractivity (Wildman–Crippen MR) is 80.4 cm³/mol. The predicted octanol–water partition coefficient (Wildman–Crippen LogP) is 3.51. The van der Waals surface area contributed by atoms with E-state index in [1.165, 1.54) is 19.1 Å². The van der Waals surface area contributed by atoms with E-state index in [0.717, 1.165) is 30.3 Å². The number of anilines is 1. The summed E-state index contributed by atoms with van der Waals surface area (Å²) in [6, 6.07) is 7.05. The van der Waals surface area contributed by atoms with E-state index >= 15 is 0 Å². The van der Waals surface area contributed by atoms with Gasteiger partial charge >= 0.3 is 12.1 Å². The number of hydrogen-bond acceptors (Lipinski definition) is 3. The third-order valence-corrected chi connectivity index (χ3v) is 4.71. The molecule has 0 amide bonds. The van der Waals surface area contributed by atoms with Crippen molar-refractivity contribution in [2.45, 2.75) is 18.0 Å². The molecular weight excluding hydrogens is 347 g/mol. The topological polar surface area (TPSA) is 83.5 Å². The zero-order valence-corrected chi connectivity index (χ0v) is 13.1. The van der Waals surface area contributed by atoms with Gasteiger partial charge in [0.1, 0.15) is 0 Å². The highest BCUT2D eigenvalue weighted by Gasteiger charge is 2.30. The number of carboxylic acids is 1. The lowest BCUT2D eigenvalue weighted by Gasteiger charge is -2.12. The number of aryl methyl sites for hydroxylation is 1. The first-order valence-electron chi connectivity index (χ1n) is 6.55. The van der Waals surface area contributed by atoms with Crippen molar-refractivity contribution in [2.24, 2.45) is 0 Å². The molecule has 0 heterocycles. The van der Waals surface area contributed by atoms with Gasteiger partial charge in [0.25, 0.3) is 10.0 Å². The highest BCUT2D eigenvalue weighted by Crippen LogP contribution is 2.30. The molecule has 2 N–H and O–H groups in total. The SMILES string of the molecule is Cc1ccc(C(=O)O)cc1S(=O)(=O)Nc1ccc(C(F)(F)F)cc1. The minimum atomic E-state index is -4.52. The average Bonchev–Trinajstić information content (AvgIpc) is 2.46. The molecule has 0 saturated carbocycles. The second-order valence-electron chi connectivity index (χ2n) is 4.97. The molecule has 0 bridgehead atoms. The summed E-state index contributed by atoms with van der Waals surface area (Å²) in [6.07, 6.45) is -4.52. The summed E-state index contributed by atoms with van der Waals surface area (Å²) >= 11 is 0. The summed E-state index contributed by atoms with van der Waals surface area (Å²) in [5.74, 6) is -1.29. The summed E-state index contributed by atoms with van der Waals surface area (Å²) in [5, 5.41) is 8.94. The Labute approximate surface area is 135 Å². The van der Waals surface area contributed by atoms with Crippen LogP contribution in [0.2, 0.25) is 0 Å². The third kappa shape index (κ3) is 3.85. The molecule has 2 aromatic rings. The van der Waals surface area contributed by atoms with Crippen molar-refractivity contribution in [3.8, 4) is 0 Å². The van der Waals surface area contributed by atoms with E-state index in [1.54, 1.807) is 0 Å². The summed E-state index contributed by atoms with van der Waals surface area (Å²) in [4.78, 5) is 10.7. The van der Waals surface area contributed by atoms with Crippen molar-refractivity contribution >= 4 is 21.7 Å². The fraction of sp³-hybridized carbons (Fsp3) is 0.133. The first kappa shape index (κ1) is 17.8. The zero-order valence-electron chi connectivity index (χ0n) is 12.3. The Hall–Kier alpha value is -2.55. The molecule has 0 radical (unpaired) electrons. The van der Waals surface area contributed by atoms with E-state index in [1.807, 2.05) is 0 Å². The van der Waals surface area contributed by atoms with Crippen LogP contribution in [0.4, 0.5) is 18.9 Å². The highest BCUT2D eigenvalue weighted by molar-refractivity contribution is 7.92. The van der Waals surface area contributed by atoms with Crippen molar-refractivity contribution < 1.29 is 31.5 Å². The van der Waals surface area contributed by atoms with Gasteiger partial charge in [-0.15, -0.1) is 0 Å². The Balaban J connectivity index is 2.35. The van der Waals surface area contributed by atoms with Crippen LogP contribution in [0.25, 0.3) is 0 Å². The number of hydrogen-bond donors (Lipinski definition) is 2. The lowest BCUT2D eigenvalue weighted by atomic mass is 10.1. The molecule has 2 rings (SSSR count). The lowest BCUT2D eigenvalue weighted by Crippen LogP contribution is -2.15. The summed E-state index contributed by atoms with van der Waals surface area (Å²) < 4.78 is 64.3. The van der Waals surface area contributed by atoms with Crippen molar-refractivity contribution in [3.63, 3.8) is 0 Å². The molecule has 128 valence electrons. The minimum absolute atomic E-state index is 0.0665. The van der Waals surface area contributed by atoms with E-state index in [0.29, 0.717) is 5.56 Å². The largest absolute Gasteiger partial charge is 0.478 e. The molecule has 5 nitrogen and oxygen atoms in total. The molecule has 0 saturated heterocycles.